The van der Waals surface area contributed by atoms with E-state index in [2.05, 4.69) is 15.3 Å². The van der Waals surface area contributed by atoms with Gasteiger partial charge in [0, 0.05) is 30.6 Å². The molecule has 1 amide bonds. The molecule has 7 heteroatoms. The number of hydrogen-bond donors (Lipinski definition) is 1. The van der Waals surface area contributed by atoms with Crippen LogP contribution < -0.4 is 5.32 Å². The zero-order valence-corrected chi connectivity index (χ0v) is 10.0. The minimum absolute atomic E-state index is 0.324. The number of nitrogens with one attached hydrogen (secondary N) is 1. The molecular weight excluding hydrogens is 260 g/mol. The lowest BCUT2D eigenvalue weighted by Crippen LogP contribution is -2.27. The third-order valence-electron chi connectivity index (χ3n) is 2.13. The van der Waals surface area contributed by atoms with Crippen LogP contribution in [0, 0.1) is 11.6 Å². The maximum Gasteiger partial charge on any atom is 0.272 e. The van der Waals surface area contributed by atoms with Gasteiger partial charge in [0.05, 0.1) is 11.2 Å². The number of halogens is 2. The molecule has 18 heavy (non-hydrogen) atoms. The molecule has 2 heterocycles. The Hall–Kier alpha value is -1.89. The minimum Gasteiger partial charge on any atom is -0.350 e. The number of rotatable bonds is 4. The van der Waals surface area contributed by atoms with Crippen molar-refractivity contribution >= 4 is 17.2 Å². The molecule has 0 aliphatic rings. The molecule has 4 nitrogen and oxygen atoms in total. The zero-order chi connectivity index (χ0) is 13.0. The molecule has 0 aliphatic heterocycles. The molecule has 2 aromatic heterocycles. The third-order valence-corrected chi connectivity index (χ3v) is 2.97. The smallest absolute Gasteiger partial charge is 0.272 e. The molecule has 0 spiro atoms. The average molecular weight is 269 g/mol. The van der Waals surface area contributed by atoms with Gasteiger partial charge in [-0.15, -0.1) is 11.3 Å². The first kappa shape index (κ1) is 12.6. The summed E-state index contributed by atoms with van der Waals surface area (Å²) in [6, 6.07) is 0.628. The first-order valence-corrected chi connectivity index (χ1v) is 6.02. The quantitative estimate of drug-likeness (QED) is 0.920. The van der Waals surface area contributed by atoms with Gasteiger partial charge in [-0.1, -0.05) is 0 Å². The summed E-state index contributed by atoms with van der Waals surface area (Å²) in [5.74, 6) is -2.45. The van der Waals surface area contributed by atoms with Crippen LogP contribution >= 0.6 is 11.3 Å². The minimum atomic E-state index is -0.971. The molecule has 0 radical (unpaired) electrons. The number of carbonyl (C=O) groups is 1. The number of pyridine rings is 1. The summed E-state index contributed by atoms with van der Waals surface area (Å²) < 4.78 is 25.8. The van der Waals surface area contributed by atoms with Crippen LogP contribution in [0.15, 0.2) is 23.8 Å². The molecule has 2 rings (SSSR count). The normalized spacial score (nSPS) is 10.3. The van der Waals surface area contributed by atoms with E-state index in [0.717, 1.165) is 11.2 Å². The first-order valence-electron chi connectivity index (χ1n) is 5.14. The van der Waals surface area contributed by atoms with Crippen LogP contribution in [-0.4, -0.2) is 22.4 Å². The Labute approximate surface area is 106 Å². The van der Waals surface area contributed by atoms with Gasteiger partial charge in [-0.25, -0.2) is 18.7 Å². The molecule has 0 unspecified atom stereocenters. The number of aromatic nitrogens is 2. The molecule has 0 saturated carbocycles. The molecule has 0 aromatic carbocycles. The van der Waals surface area contributed by atoms with Crippen molar-refractivity contribution in [2.75, 3.05) is 6.54 Å². The molecule has 1 N–H and O–H groups in total. The highest BCUT2D eigenvalue weighted by Crippen LogP contribution is 2.06. The number of hydrogen-bond acceptors (Lipinski definition) is 4. The molecular formula is C11H9F2N3OS. The van der Waals surface area contributed by atoms with Crippen molar-refractivity contribution < 1.29 is 13.6 Å². The Balaban J connectivity index is 1.91. The van der Waals surface area contributed by atoms with Gasteiger partial charge in [-0.05, 0) is 0 Å². The molecule has 94 valence electrons. The molecule has 0 bridgehead atoms. The number of amides is 1. The second-order valence-corrected chi connectivity index (χ2v) is 4.39. The fourth-order valence-electron chi connectivity index (χ4n) is 1.32. The van der Waals surface area contributed by atoms with Crippen molar-refractivity contribution in [2.24, 2.45) is 0 Å². The van der Waals surface area contributed by atoms with Crippen molar-refractivity contribution in [3.05, 3.63) is 46.2 Å². The van der Waals surface area contributed by atoms with Crippen LogP contribution in [0.3, 0.4) is 0 Å². The Morgan fingerprint density at radius 1 is 1.39 bits per heavy atom. The predicted octanol–water partition coefficient (Wildman–Crippen LogP) is 1.79. The monoisotopic (exact) mass is 269 g/mol. The van der Waals surface area contributed by atoms with Gasteiger partial charge in [0.2, 0.25) is 0 Å². The summed E-state index contributed by atoms with van der Waals surface area (Å²) >= 11 is 1.47. The van der Waals surface area contributed by atoms with Crippen molar-refractivity contribution in [3.63, 3.8) is 0 Å². The summed E-state index contributed by atoms with van der Waals surface area (Å²) in [6.45, 7) is 0.324. The Kier molecular flexibility index (Phi) is 3.93. The fourth-order valence-corrected chi connectivity index (χ4v) is 1.95. The Morgan fingerprint density at radius 3 is 2.89 bits per heavy atom. The van der Waals surface area contributed by atoms with Gasteiger partial charge in [-0.3, -0.25) is 4.79 Å². The second kappa shape index (κ2) is 5.63. The second-order valence-electron chi connectivity index (χ2n) is 3.42. The van der Waals surface area contributed by atoms with E-state index in [1.807, 2.05) is 5.38 Å². The van der Waals surface area contributed by atoms with Crippen LogP contribution in [-0.2, 0) is 6.42 Å². The average Bonchev–Trinajstić information content (AvgIpc) is 2.81. The lowest BCUT2D eigenvalue weighted by Gasteiger charge is -2.04. The maximum atomic E-state index is 13.2. The third kappa shape index (κ3) is 3.07. The summed E-state index contributed by atoms with van der Waals surface area (Å²) in [4.78, 5) is 19.0. The van der Waals surface area contributed by atoms with E-state index < -0.39 is 23.2 Å². The first-order chi connectivity index (χ1) is 8.66. The van der Waals surface area contributed by atoms with Crippen molar-refractivity contribution in [2.45, 2.75) is 6.42 Å². The van der Waals surface area contributed by atoms with Crippen molar-refractivity contribution in [3.8, 4) is 0 Å². The van der Waals surface area contributed by atoms with Crippen LogP contribution in [0.5, 0.6) is 0 Å². The molecule has 0 saturated heterocycles. The lowest BCUT2D eigenvalue weighted by atomic mass is 10.3. The highest BCUT2D eigenvalue weighted by atomic mass is 32.1. The molecule has 0 atom stereocenters. The van der Waals surface area contributed by atoms with Crippen LogP contribution in [0.25, 0.3) is 0 Å². The Morgan fingerprint density at radius 2 is 2.22 bits per heavy atom. The molecule has 2 aromatic rings. The molecule has 0 fully saturated rings. The van der Waals surface area contributed by atoms with E-state index in [1.165, 1.54) is 11.3 Å². The van der Waals surface area contributed by atoms with Crippen LogP contribution in [0.2, 0.25) is 0 Å². The summed E-state index contributed by atoms with van der Waals surface area (Å²) in [5, 5.41) is 5.21. The summed E-state index contributed by atoms with van der Waals surface area (Å²) in [7, 11) is 0. The topological polar surface area (TPSA) is 54.9 Å². The van der Waals surface area contributed by atoms with Crippen LogP contribution in [0.1, 0.15) is 15.5 Å². The highest BCUT2D eigenvalue weighted by molar-refractivity contribution is 7.09. The zero-order valence-electron chi connectivity index (χ0n) is 9.19. The van der Waals surface area contributed by atoms with Crippen LogP contribution in [0.4, 0.5) is 8.78 Å². The van der Waals surface area contributed by atoms with Gasteiger partial charge in [-0.2, -0.15) is 0 Å². The summed E-state index contributed by atoms with van der Waals surface area (Å²) in [6.07, 6.45) is 3.04. The van der Waals surface area contributed by atoms with E-state index >= 15 is 0 Å². The largest absolute Gasteiger partial charge is 0.350 e. The van der Waals surface area contributed by atoms with E-state index in [1.54, 1.807) is 6.20 Å². The number of carbonyl (C=O) groups excluding carboxylic acids is 1. The van der Waals surface area contributed by atoms with Gasteiger partial charge in [0.15, 0.2) is 11.5 Å². The number of nitrogens with zero attached hydrogens (tertiary/aromatic N) is 2. The lowest BCUT2D eigenvalue weighted by molar-refractivity contribution is 0.0944. The number of thiazole rings is 1. The predicted molar refractivity (Wildman–Crippen MR) is 62.3 cm³/mol. The maximum absolute atomic E-state index is 13.2. The Bertz CT molecular complexity index is 545. The highest BCUT2D eigenvalue weighted by Gasteiger charge is 2.13. The standard InChI is InChI=1S/C11H9F2N3OS/c12-7-5-8(13)10(16-6-7)11(17)15-2-1-9-14-3-4-18-9/h3-6H,1-2H2,(H,15,17). The van der Waals surface area contributed by atoms with Gasteiger partial charge >= 0.3 is 0 Å². The fraction of sp³-hybridized carbons (Fsp3) is 0.182. The van der Waals surface area contributed by atoms with Gasteiger partial charge in [0.1, 0.15) is 5.82 Å². The van der Waals surface area contributed by atoms with E-state index in [4.69, 9.17) is 0 Å². The van der Waals surface area contributed by atoms with Gasteiger partial charge < -0.3 is 5.32 Å². The van der Waals surface area contributed by atoms with E-state index in [0.29, 0.717) is 19.0 Å². The summed E-state index contributed by atoms with van der Waals surface area (Å²) in [5.41, 5.74) is -0.407. The van der Waals surface area contributed by atoms with E-state index in [-0.39, 0.29) is 0 Å². The van der Waals surface area contributed by atoms with Crippen molar-refractivity contribution in [1.29, 1.82) is 0 Å². The van der Waals surface area contributed by atoms with Crippen molar-refractivity contribution in [1.82, 2.24) is 15.3 Å². The SMILES string of the molecule is O=C(NCCc1nccs1)c1ncc(F)cc1F. The van der Waals surface area contributed by atoms with E-state index in [9.17, 15) is 13.6 Å². The van der Waals surface area contributed by atoms with Gasteiger partial charge in [0.25, 0.3) is 5.91 Å². The molecule has 0 aliphatic carbocycles.